The van der Waals surface area contributed by atoms with Crippen molar-refractivity contribution >= 4 is 40.1 Å². The highest BCUT2D eigenvalue weighted by molar-refractivity contribution is 6.33. The first kappa shape index (κ1) is 23.9. The van der Waals surface area contributed by atoms with Crippen LogP contribution < -0.4 is 15.7 Å². The average molecular weight is 497 g/mol. The molecule has 4 rings (SSSR count). The molecule has 0 aliphatic rings. The summed E-state index contributed by atoms with van der Waals surface area (Å²) >= 11 is 6.18. The highest BCUT2D eigenvalue weighted by Gasteiger charge is 2.18. The molecule has 1 atom stereocenters. The van der Waals surface area contributed by atoms with Crippen molar-refractivity contribution in [3.8, 4) is 16.9 Å². The number of carbonyl (C=O) groups is 2. The minimum atomic E-state index is -0.948. The van der Waals surface area contributed by atoms with Crippen LogP contribution in [-0.4, -0.2) is 30.1 Å². The number of nitrogens with one attached hydrogen (secondary N) is 1. The fourth-order valence-electron chi connectivity index (χ4n) is 3.39. The van der Waals surface area contributed by atoms with E-state index in [0.717, 1.165) is 6.07 Å². The Morgan fingerprint density at radius 1 is 1.09 bits per heavy atom. The molecule has 8 nitrogen and oxygen atoms in total. The first-order valence-electron chi connectivity index (χ1n) is 10.3. The molecule has 2 aromatic heterocycles. The van der Waals surface area contributed by atoms with E-state index in [2.05, 4.69) is 15.0 Å². The van der Waals surface area contributed by atoms with Crippen LogP contribution in [0.1, 0.15) is 17.3 Å². The number of pyridine rings is 1. The number of ether oxygens (including phenoxy) is 2. The third-order valence-corrected chi connectivity index (χ3v) is 5.36. The smallest absolute Gasteiger partial charge is 0.339 e. The minimum Gasteiger partial charge on any atom is -0.481 e. The number of aromatic nitrogens is 1. The fraction of sp³-hybridized carbons (Fsp3) is 0.120. The number of hydrogen-bond donors (Lipinski definition) is 1. The number of esters is 1. The second-order valence-electron chi connectivity index (χ2n) is 7.46. The summed E-state index contributed by atoms with van der Waals surface area (Å²) in [5.74, 6) is -1.31. The zero-order valence-corrected chi connectivity index (χ0v) is 19.3. The van der Waals surface area contributed by atoms with Gasteiger partial charge in [-0.2, -0.15) is 0 Å². The molecule has 35 heavy (non-hydrogen) atoms. The molecular weight excluding hydrogens is 479 g/mol. The minimum absolute atomic E-state index is 0.147. The van der Waals surface area contributed by atoms with Crippen LogP contribution >= 0.6 is 11.6 Å². The van der Waals surface area contributed by atoms with Gasteiger partial charge in [0.1, 0.15) is 17.1 Å². The summed E-state index contributed by atoms with van der Waals surface area (Å²) in [6.07, 6.45) is 1.75. The molecule has 1 N–H and O–H groups in total. The molecule has 2 heterocycles. The number of hydrogen-bond acceptors (Lipinski definition) is 7. The molecule has 10 heteroatoms. The SMILES string of the molecule is COC(=O)c1cncc(NC(=O)C(C)Oc2ccc3c(-c4ccc(F)cc4Cl)cc(=O)oc3c2)c1. The summed E-state index contributed by atoms with van der Waals surface area (Å²) in [4.78, 5) is 40.3. The Morgan fingerprint density at radius 3 is 2.63 bits per heavy atom. The lowest BCUT2D eigenvalue weighted by Gasteiger charge is -2.15. The zero-order valence-electron chi connectivity index (χ0n) is 18.5. The summed E-state index contributed by atoms with van der Waals surface area (Å²) in [7, 11) is 1.24. The van der Waals surface area contributed by atoms with E-state index in [0.29, 0.717) is 22.2 Å². The number of anilines is 1. The van der Waals surface area contributed by atoms with Crippen molar-refractivity contribution < 1.29 is 27.9 Å². The van der Waals surface area contributed by atoms with Gasteiger partial charge in [0.25, 0.3) is 5.91 Å². The average Bonchev–Trinajstić information content (AvgIpc) is 2.83. The van der Waals surface area contributed by atoms with Gasteiger partial charge in [0.15, 0.2) is 6.10 Å². The molecule has 0 saturated carbocycles. The Kier molecular flexibility index (Phi) is 6.79. The van der Waals surface area contributed by atoms with Crippen LogP contribution in [0, 0.1) is 5.82 Å². The Morgan fingerprint density at radius 2 is 1.89 bits per heavy atom. The lowest BCUT2D eigenvalue weighted by molar-refractivity contribution is -0.122. The highest BCUT2D eigenvalue weighted by Crippen LogP contribution is 2.34. The van der Waals surface area contributed by atoms with E-state index in [1.807, 2.05) is 0 Å². The predicted octanol–water partition coefficient (Wildman–Crippen LogP) is 4.84. The van der Waals surface area contributed by atoms with Crippen molar-refractivity contribution in [2.75, 3.05) is 12.4 Å². The monoisotopic (exact) mass is 496 g/mol. The fourth-order valence-corrected chi connectivity index (χ4v) is 3.66. The van der Waals surface area contributed by atoms with Crippen molar-refractivity contribution in [3.05, 3.63) is 87.7 Å². The van der Waals surface area contributed by atoms with E-state index in [1.54, 1.807) is 12.1 Å². The number of carbonyl (C=O) groups excluding carboxylic acids is 2. The van der Waals surface area contributed by atoms with Gasteiger partial charge >= 0.3 is 11.6 Å². The number of benzene rings is 2. The summed E-state index contributed by atoms with van der Waals surface area (Å²) < 4.78 is 29.1. The van der Waals surface area contributed by atoms with Crippen molar-refractivity contribution in [1.82, 2.24) is 4.98 Å². The van der Waals surface area contributed by atoms with Crippen LogP contribution in [0.5, 0.6) is 5.75 Å². The predicted molar refractivity (Wildman–Crippen MR) is 127 cm³/mol. The number of halogens is 2. The number of nitrogens with zero attached hydrogens (tertiary/aromatic N) is 1. The molecule has 0 bridgehead atoms. The maximum absolute atomic E-state index is 13.5. The van der Waals surface area contributed by atoms with E-state index in [4.69, 9.17) is 20.8 Å². The van der Waals surface area contributed by atoms with Crippen molar-refractivity contribution in [2.24, 2.45) is 0 Å². The highest BCUT2D eigenvalue weighted by atomic mass is 35.5. The molecular formula is C25H18ClFN2O6. The van der Waals surface area contributed by atoms with Gasteiger partial charge in [0, 0.05) is 34.8 Å². The van der Waals surface area contributed by atoms with Crippen molar-refractivity contribution in [1.29, 1.82) is 0 Å². The van der Waals surface area contributed by atoms with Gasteiger partial charge in [-0.15, -0.1) is 0 Å². The van der Waals surface area contributed by atoms with Gasteiger partial charge in [-0.3, -0.25) is 9.78 Å². The molecule has 0 spiro atoms. The van der Waals surface area contributed by atoms with Gasteiger partial charge < -0.3 is 19.2 Å². The Labute approximate surface area is 203 Å². The first-order valence-corrected chi connectivity index (χ1v) is 10.7. The van der Waals surface area contributed by atoms with Gasteiger partial charge in [-0.1, -0.05) is 11.6 Å². The summed E-state index contributed by atoms with van der Waals surface area (Å²) in [5.41, 5.74) is 0.979. The number of methoxy groups -OCH3 is 1. The van der Waals surface area contributed by atoms with Crippen LogP contribution in [0.3, 0.4) is 0 Å². The molecule has 1 unspecified atom stereocenters. The topological polar surface area (TPSA) is 108 Å². The number of amides is 1. The third kappa shape index (κ3) is 5.30. The maximum atomic E-state index is 13.5. The van der Waals surface area contributed by atoms with Crippen LogP contribution in [0.15, 0.2) is 70.1 Å². The number of fused-ring (bicyclic) bond motifs is 1. The zero-order chi connectivity index (χ0) is 25.1. The van der Waals surface area contributed by atoms with E-state index in [1.165, 1.54) is 56.8 Å². The second kappa shape index (κ2) is 9.94. The molecule has 2 aromatic carbocycles. The normalized spacial score (nSPS) is 11.7. The van der Waals surface area contributed by atoms with Gasteiger partial charge in [-0.05, 0) is 43.3 Å². The van der Waals surface area contributed by atoms with Crippen LogP contribution in [0.25, 0.3) is 22.1 Å². The van der Waals surface area contributed by atoms with E-state index < -0.39 is 29.4 Å². The van der Waals surface area contributed by atoms with E-state index in [-0.39, 0.29) is 21.9 Å². The van der Waals surface area contributed by atoms with E-state index in [9.17, 15) is 18.8 Å². The Bertz CT molecular complexity index is 1500. The van der Waals surface area contributed by atoms with Gasteiger partial charge in [0.05, 0.1) is 29.6 Å². The first-order chi connectivity index (χ1) is 16.7. The summed E-state index contributed by atoms with van der Waals surface area (Å²) in [6, 6.07) is 11.3. The second-order valence-corrected chi connectivity index (χ2v) is 7.87. The molecule has 0 radical (unpaired) electrons. The van der Waals surface area contributed by atoms with Crippen LogP contribution in [0.4, 0.5) is 10.1 Å². The molecule has 178 valence electrons. The quantitative estimate of drug-likeness (QED) is 0.300. The standard InChI is InChI=1S/C25H18ClFN2O6/c1-13(24(31)29-16-7-14(11-28-12-16)25(32)33-2)34-17-4-6-19-20(10-23(30)35-22(19)9-17)18-5-3-15(27)8-21(18)26/h3-13H,1-2H3,(H,29,31). The van der Waals surface area contributed by atoms with Gasteiger partial charge in [0.2, 0.25) is 0 Å². The molecule has 0 aliphatic heterocycles. The van der Waals surface area contributed by atoms with Crippen molar-refractivity contribution in [2.45, 2.75) is 13.0 Å². The number of rotatable bonds is 6. The lowest BCUT2D eigenvalue weighted by Crippen LogP contribution is -2.30. The molecule has 1 amide bonds. The molecule has 4 aromatic rings. The molecule has 0 saturated heterocycles. The van der Waals surface area contributed by atoms with E-state index >= 15 is 0 Å². The van der Waals surface area contributed by atoms with Gasteiger partial charge in [-0.25, -0.2) is 14.0 Å². The maximum Gasteiger partial charge on any atom is 0.339 e. The molecule has 0 aliphatic carbocycles. The van der Waals surface area contributed by atoms with Crippen LogP contribution in [0.2, 0.25) is 5.02 Å². The van der Waals surface area contributed by atoms with Crippen LogP contribution in [-0.2, 0) is 9.53 Å². The molecule has 0 fully saturated rings. The Hall–Kier alpha value is -4.24. The largest absolute Gasteiger partial charge is 0.481 e. The lowest BCUT2D eigenvalue weighted by atomic mass is 10.0. The summed E-state index contributed by atoms with van der Waals surface area (Å²) in [6.45, 7) is 1.53. The third-order valence-electron chi connectivity index (χ3n) is 5.05. The van der Waals surface area contributed by atoms with Crippen molar-refractivity contribution in [3.63, 3.8) is 0 Å². The summed E-state index contributed by atoms with van der Waals surface area (Å²) in [5, 5.41) is 3.31. The Balaban J connectivity index is 1.56.